The first-order valence-corrected chi connectivity index (χ1v) is 9.78. The number of nitrogens with one attached hydrogen (secondary N) is 1. The molecule has 0 atom stereocenters. The van der Waals surface area contributed by atoms with Gasteiger partial charge in [0.1, 0.15) is 5.82 Å². The zero-order valence-electron chi connectivity index (χ0n) is 15.2. The first kappa shape index (κ1) is 18.0. The van der Waals surface area contributed by atoms with Crippen molar-refractivity contribution in [2.24, 2.45) is 0 Å². The minimum Gasteiger partial charge on any atom is -0.369 e. The van der Waals surface area contributed by atoms with E-state index in [0.717, 1.165) is 51.4 Å². The molecule has 1 aromatic heterocycles. The molecule has 3 aromatic rings. The predicted molar refractivity (Wildman–Crippen MR) is 111 cm³/mol. The van der Waals surface area contributed by atoms with E-state index in [4.69, 9.17) is 11.6 Å². The van der Waals surface area contributed by atoms with Crippen LogP contribution in [-0.4, -0.2) is 47.6 Å². The number of rotatable bonds is 5. The van der Waals surface area contributed by atoms with Gasteiger partial charge in [0.25, 0.3) is 5.56 Å². The smallest absolute Gasteiger partial charge is 0.260 e. The average molecular weight is 383 g/mol. The Morgan fingerprint density at radius 1 is 1.00 bits per heavy atom. The zero-order chi connectivity index (χ0) is 18.6. The molecule has 0 amide bonds. The molecule has 2 aromatic carbocycles. The number of H-pyrrole nitrogens is 1. The fourth-order valence-electron chi connectivity index (χ4n) is 3.65. The normalized spacial score (nSPS) is 15.4. The molecule has 1 N–H and O–H groups in total. The lowest BCUT2D eigenvalue weighted by atomic mass is 10.2. The van der Waals surface area contributed by atoms with Gasteiger partial charge in [-0.05, 0) is 37.2 Å². The summed E-state index contributed by atoms with van der Waals surface area (Å²) in [5, 5.41) is 0.920. The Labute approximate surface area is 163 Å². The second kappa shape index (κ2) is 8.11. The molecule has 0 unspecified atom stereocenters. The van der Waals surface area contributed by atoms with Crippen LogP contribution < -0.4 is 10.5 Å². The van der Waals surface area contributed by atoms with E-state index in [1.54, 1.807) is 6.07 Å². The van der Waals surface area contributed by atoms with Crippen molar-refractivity contribution in [1.82, 2.24) is 14.9 Å². The summed E-state index contributed by atoms with van der Waals surface area (Å²) >= 11 is 6.11. The Hall–Kier alpha value is -2.37. The molecule has 2 heterocycles. The highest BCUT2D eigenvalue weighted by Crippen LogP contribution is 2.18. The van der Waals surface area contributed by atoms with E-state index in [9.17, 15) is 4.79 Å². The van der Waals surface area contributed by atoms with Gasteiger partial charge < -0.3 is 9.88 Å². The third-order valence-corrected chi connectivity index (χ3v) is 5.43. The maximum Gasteiger partial charge on any atom is 0.260 e. The molecule has 6 heteroatoms. The number of nitrogens with zero attached hydrogens (tertiary/aromatic N) is 3. The monoisotopic (exact) mass is 382 g/mol. The van der Waals surface area contributed by atoms with Gasteiger partial charge in [0.15, 0.2) is 0 Å². The fraction of sp³-hybridized carbons (Fsp3) is 0.333. The van der Waals surface area contributed by atoms with Crippen LogP contribution in [0.15, 0.2) is 53.3 Å². The van der Waals surface area contributed by atoms with Crippen molar-refractivity contribution in [3.63, 3.8) is 0 Å². The minimum atomic E-state index is -0.155. The number of fused-ring (bicyclic) bond motifs is 1. The molecule has 140 valence electrons. The van der Waals surface area contributed by atoms with E-state index in [2.05, 4.69) is 50.1 Å². The molecule has 27 heavy (non-hydrogen) atoms. The maximum absolute atomic E-state index is 12.3. The third-order valence-electron chi connectivity index (χ3n) is 5.11. The highest BCUT2D eigenvalue weighted by molar-refractivity contribution is 6.35. The van der Waals surface area contributed by atoms with Gasteiger partial charge >= 0.3 is 0 Å². The number of piperazine rings is 1. The highest BCUT2D eigenvalue weighted by atomic mass is 35.5. The summed E-state index contributed by atoms with van der Waals surface area (Å²) in [6, 6.07) is 16.0. The summed E-state index contributed by atoms with van der Waals surface area (Å²) in [6.45, 7) is 5.24. The van der Waals surface area contributed by atoms with Gasteiger partial charge in [0.2, 0.25) is 0 Å². The average Bonchev–Trinajstić information content (AvgIpc) is 2.69. The number of halogens is 1. The summed E-state index contributed by atoms with van der Waals surface area (Å²) in [7, 11) is 0. The largest absolute Gasteiger partial charge is 0.369 e. The van der Waals surface area contributed by atoms with Gasteiger partial charge in [-0.25, -0.2) is 4.98 Å². The Kier molecular flexibility index (Phi) is 5.41. The van der Waals surface area contributed by atoms with Crippen molar-refractivity contribution in [1.29, 1.82) is 0 Å². The molecule has 0 aliphatic carbocycles. The lowest BCUT2D eigenvalue weighted by Crippen LogP contribution is -2.46. The summed E-state index contributed by atoms with van der Waals surface area (Å²) in [4.78, 5) is 24.6. The SMILES string of the molecule is O=c1[nH]c(CCCN2CCN(c3ccccc3)CC2)nc2cccc(Cl)c12. The Morgan fingerprint density at radius 3 is 2.56 bits per heavy atom. The van der Waals surface area contributed by atoms with Crippen molar-refractivity contribution in [2.45, 2.75) is 12.8 Å². The van der Waals surface area contributed by atoms with Gasteiger partial charge in [-0.1, -0.05) is 35.9 Å². The Balaban J connectivity index is 1.31. The third kappa shape index (κ3) is 4.15. The number of hydrogen-bond donors (Lipinski definition) is 1. The van der Waals surface area contributed by atoms with Crippen LogP contribution in [0, 0.1) is 0 Å². The second-order valence-corrected chi connectivity index (χ2v) is 7.32. The van der Waals surface area contributed by atoms with E-state index in [1.807, 2.05) is 12.1 Å². The molecule has 1 fully saturated rings. The fourth-order valence-corrected chi connectivity index (χ4v) is 3.91. The Bertz CT molecular complexity index is 965. The van der Waals surface area contributed by atoms with Crippen LogP contribution in [0.3, 0.4) is 0 Å². The summed E-state index contributed by atoms with van der Waals surface area (Å²) in [6.07, 6.45) is 1.73. The van der Waals surface area contributed by atoms with Crippen LogP contribution >= 0.6 is 11.6 Å². The number of anilines is 1. The van der Waals surface area contributed by atoms with E-state index in [0.29, 0.717) is 15.9 Å². The lowest BCUT2D eigenvalue weighted by Gasteiger charge is -2.36. The molecule has 0 saturated carbocycles. The number of aromatic amines is 1. The molecule has 1 saturated heterocycles. The quantitative estimate of drug-likeness (QED) is 0.735. The van der Waals surface area contributed by atoms with Crippen molar-refractivity contribution >= 4 is 28.2 Å². The molecular weight excluding hydrogens is 360 g/mol. The number of benzene rings is 2. The molecule has 0 bridgehead atoms. The first-order valence-electron chi connectivity index (χ1n) is 9.40. The van der Waals surface area contributed by atoms with E-state index >= 15 is 0 Å². The lowest BCUT2D eigenvalue weighted by molar-refractivity contribution is 0.254. The van der Waals surface area contributed by atoms with E-state index in [1.165, 1.54) is 5.69 Å². The first-order chi connectivity index (χ1) is 13.2. The van der Waals surface area contributed by atoms with Crippen molar-refractivity contribution in [3.8, 4) is 0 Å². The van der Waals surface area contributed by atoms with Gasteiger partial charge in [-0.15, -0.1) is 0 Å². The molecule has 5 nitrogen and oxygen atoms in total. The van der Waals surface area contributed by atoms with Crippen LogP contribution in [0.4, 0.5) is 5.69 Å². The Morgan fingerprint density at radius 2 is 1.78 bits per heavy atom. The standard InChI is InChI=1S/C21H23ClN4O/c22-17-8-4-9-18-20(17)21(27)24-19(23-18)10-5-11-25-12-14-26(15-13-25)16-6-2-1-3-7-16/h1-4,6-9H,5,10-15H2,(H,23,24,27). The van der Waals surface area contributed by atoms with Gasteiger partial charge in [-0.2, -0.15) is 0 Å². The molecule has 0 radical (unpaired) electrons. The summed E-state index contributed by atoms with van der Waals surface area (Å²) in [5.74, 6) is 0.734. The number of aromatic nitrogens is 2. The molecule has 1 aliphatic heterocycles. The van der Waals surface area contributed by atoms with Crippen LogP contribution in [0.2, 0.25) is 5.02 Å². The van der Waals surface area contributed by atoms with Crippen LogP contribution in [0.1, 0.15) is 12.2 Å². The van der Waals surface area contributed by atoms with Gasteiger partial charge in [0, 0.05) is 38.3 Å². The van der Waals surface area contributed by atoms with Gasteiger partial charge in [-0.3, -0.25) is 9.69 Å². The molecular formula is C21H23ClN4O. The summed E-state index contributed by atoms with van der Waals surface area (Å²) in [5.41, 5.74) is 1.81. The molecule has 0 spiro atoms. The van der Waals surface area contributed by atoms with Crippen molar-refractivity contribution < 1.29 is 0 Å². The van der Waals surface area contributed by atoms with Crippen LogP contribution in [-0.2, 0) is 6.42 Å². The maximum atomic E-state index is 12.3. The predicted octanol–water partition coefficient (Wildman–Crippen LogP) is 3.33. The van der Waals surface area contributed by atoms with Crippen molar-refractivity contribution in [2.75, 3.05) is 37.6 Å². The molecule has 4 rings (SSSR count). The molecule has 1 aliphatic rings. The van der Waals surface area contributed by atoms with E-state index in [-0.39, 0.29) is 5.56 Å². The number of aryl methyl sites for hydroxylation is 1. The van der Waals surface area contributed by atoms with Crippen LogP contribution in [0.5, 0.6) is 0 Å². The van der Waals surface area contributed by atoms with Gasteiger partial charge in [0.05, 0.1) is 15.9 Å². The van der Waals surface area contributed by atoms with E-state index < -0.39 is 0 Å². The number of hydrogen-bond acceptors (Lipinski definition) is 4. The highest BCUT2D eigenvalue weighted by Gasteiger charge is 2.16. The number of para-hydroxylation sites is 1. The summed E-state index contributed by atoms with van der Waals surface area (Å²) < 4.78 is 0. The zero-order valence-corrected chi connectivity index (χ0v) is 16.0. The second-order valence-electron chi connectivity index (χ2n) is 6.91. The minimum absolute atomic E-state index is 0.155. The van der Waals surface area contributed by atoms with Crippen molar-refractivity contribution in [3.05, 3.63) is 69.7 Å². The van der Waals surface area contributed by atoms with Crippen LogP contribution in [0.25, 0.3) is 10.9 Å². The topological polar surface area (TPSA) is 52.2 Å².